The van der Waals surface area contributed by atoms with Gasteiger partial charge in [0.25, 0.3) is 11.8 Å². The van der Waals surface area contributed by atoms with E-state index >= 15 is 0 Å². The number of aryl methyl sites for hydroxylation is 1. The van der Waals surface area contributed by atoms with Crippen LogP contribution in [0.25, 0.3) is 16.1 Å². The number of imidazole rings is 1. The van der Waals surface area contributed by atoms with Crippen molar-refractivity contribution in [3.05, 3.63) is 82.1 Å². The summed E-state index contributed by atoms with van der Waals surface area (Å²) in [5.74, 6) is 1.35. The third-order valence-corrected chi connectivity index (χ3v) is 9.02. The number of hydrogen-bond acceptors (Lipinski definition) is 4. The molecule has 3 heterocycles. The fraction of sp³-hybridized carbons (Fsp3) is 0.345. The van der Waals surface area contributed by atoms with E-state index in [2.05, 4.69) is 17.2 Å². The van der Waals surface area contributed by atoms with Crippen LogP contribution in [0.15, 0.2) is 60.1 Å². The summed E-state index contributed by atoms with van der Waals surface area (Å²) in [6.45, 7) is 5.31. The highest BCUT2D eigenvalue weighted by molar-refractivity contribution is 7.15. The van der Waals surface area contributed by atoms with Crippen molar-refractivity contribution in [3.8, 4) is 11.1 Å². The fourth-order valence-electron chi connectivity index (χ4n) is 6.39. The first kappa shape index (κ1) is 24.2. The maximum absolute atomic E-state index is 14.1. The number of hydrogen-bond donors (Lipinski definition) is 1. The molecule has 1 aliphatic carbocycles. The molecule has 1 aliphatic heterocycles. The van der Waals surface area contributed by atoms with Crippen LogP contribution in [-0.4, -0.2) is 45.2 Å². The van der Waals surface area contributed by atoms with Gasteiger partial charge in [-0.25, -0.2) is 4.98 Å². The predicted molar refractivity (Wildman–Crippen MR) is 147 cm³/mol. The number of nitrogens with one attached hydrogen (secondary N) is 1. The normalized spacial score (nSPS) is 22.9. The molecule has 8 heteroatoms. The maximum Gasteiger partial charge on any atom is 0.270 e. The minimum Gasteiger partial charge on any atom is -0.349 e. The van der Waals surface area contributed by atoms with Crippen LogP contribution in [0.2, 0.25) is 5.02 Å². The van der Waals surface area contributed by atoms with Gasteiger partial charge < -0.3 is 10.2 Å². The molecule has 0 bridgehead atoms. The lowest BCUT2D eigenvalue weighted by Gasteiger charge is -2.29. The van der Waals surface area contributed by atoms with Gasteiger partial charge in [0.1, 0.15) is 5.69 Å². The Morgan fingerprint density at radius 3 is 2.73 bits per heavy atom. The van der Waals surface area contributed by atoms with Crippen molar-refractivity contribution in [1.82, 2.24) is 19.6 Å². The van der Waals surface area contributed by atoms with Crippen molar-refractivity contribution in [3.63, 3.8) is 0 Å². The summed E-state index contributed by atoms with van der Waals surface area (Å²) < 4.78 is 1.84. The molecule has 6 rings (SSSR count). The Kier molecular flexibility index (Phi) is 6.29. The Bertz CT molecular complexity index is 1480. The molecule has 190 valence electrons. The highest BCUT2D eigenvalue weighted by atomic mass is 35.5. The van der Waals surface area contributed by atoms with Crippen LogP contribution in [0.1, 0.15) is 46.3 Å². The molecule has 4 atom stereocenters. The smallest absolute Gasteiger partial charge is 0.270 e. The molecule has 37 heavy (non-hydrogen) atoms. The lowest BCUT2D eigenvalue weighted by Crippen LogP contribution is -2.46. The molecule has 1 unspecified atom stereocenters. The average molecular weight is 533 g/mol. The Morgan fingerprint density at radius 2 is 1.92 bits per heavy atom. The summed E-state index contributed by atoms with van der Waals surface area (Å²) in [5.41, 5.74) is 3.82. The molecule has 2 aliphatic rings. The van der Waals surface area contributed by atoms with E-state index in [1.54, 1.807) is 0 Å². The molecule has 2 aromatic heterocycles. The standard InChI is InChI=1S/C29H29ClN4O2S/c1-17-13-20-16-34(28(36)23-6-4-3-5-22(23)19-7-9-21(30)10-8-19)25(24(20)14-17)15-31-27(35)26-18(2)32-29-33(26)11-12-37-29/h3-12,17,20,24-25H,13-16H2,1-2H3,(H,31,35)/t17?,20-,24-,25+/m0/s1. The minimum atomic E-state index is -0.146. The van der Waals surface area contributed by atoms with Crippen molar-refractivity contribution >= 4 is 39.7 Å². The number of thiazole rings is 1. The zero-order chi connectivity index (χ0) is 25.7. The zero-order valence-corrected chi connectivity index (χ0v) is 22.4. The van der Waals surface area contributed by atoms with Crippen molar-refractivity contribution in [1.29, 1.82) is 0 Å². The van der Waals surface area contributed by atoms with E-state index in [-0.39, 0.29) is 17.9 Å². The SMILES string of the molecule is Cc1nc2sccn2c1C(=O)NC[C@@H]1[C@H]2CC(C)C[C@H]2CN1C(=O)c1ccccc1-c1ccc(Cl)cc1. The monoisotopic (exact) mass is 532 g/mol. The molecule has 4 aromatic rings. The van der Waals surface area contributed by atoms with Crippen LogP contribution in [0.3, 0.4) is 0 Å². The van der Waals surface area contributed by atoms with Crippen LogP contribution in [0.5, 0.6) is 0 Å². The second kappa shape index (κ2) is 9.62. The van der Waals surface area contributed by atoms with E-state index in [1.165, 1.54) is 11.3 Å². The van der Waals surface area contributed by atoms with Crippen LogP contribution in [0.4, 0.5) is 0 Å². The van der Waals surface area contributed by atoms with Crippen LogP contribution in [0, 0.1) is 24.7 Å². The van der Waals surface area contributed by atoms with Gasteiger partial charge in [0.2, 0.25) is 0 Å². The Hall–Kier alpha value is -3.16. The fourth-order valence-corrected chi connectivity index (χ4v) is 7.28. The number of nitrogens with zero attached hydrogens (tertiary/aromatic N) is 3. The van der Waals surface area contributed by atoms with Crippen LogP contribution < -0.4 is 5.32 Å². The number of rotatable bonds is 5. The van der Waals surface area contributed by atoms with Gasteiger partial charge in [-0.3, -0.25) is 14.0 Å². The molecule has 1 saturated carbocycles. The molecule has 1 saturated heterocycles. The third kappa shape index (κ3) is 4.34. The molecule has 0 radical (unpaired) electrons. The number of likely N-dealkylation sites (tertiary alicyclic amines) is 1. The second-order valence-electron chi connectivity index (χ2n) is 10.4. The van der Waals surface area contributed by atoms with E-state index < -0.39 is 0 Å². The summed E-state index contributed by atoms with van der Waals surface area (Å²) in [4.78, 5) is 34.7. The van der Waals surface area contributed by atoms with Crippen molar-refractivity contribution < 1.29 is 9.59 Å². The van der Waals surface area contributed by atoms with E-state index in [9.17, 15) is 9.59 Å². The second-order valence-corrected chi connectivity index (χ2v) is 11.7. The first-order chi connectivity index (χ1) is 17.9. The third-order valence-electron chi connectivity index (χ3n) is 8.01. The molecular weight excluding hydrogens is 504 g/mol. The Morgan fingerprint density at radius 1 is 1.14 bits per heavy atom. The number of aromatic nitrogens is 2. The van der Waals surface area contributed by atoms with Gasteiger partial charge in [-0.05, 0) is 66.8 Å². The lowest BCUT2D eigenvalue weighted by atomic mass is 9.93. The predicted octanol–water partition coefficient (Wildman–Crippen LogP) is 5.94. The highest BCUT2D eigenvalue weighted by Gasteiger charge is 2.48. The van der Waals surface area contributed by atoms with Crippen LogP contribution in [-0.2, 0) is 0 Å². The van der Waals surface area contributed by atoms with Crippen molar-refractivity contribution in [2.45, 2.75) is 32.7 Å². The minimum absolute atomic E-state index is 0.0209. The number of fused-ring (bicyclic) bond motifs is 2. The lowest BCUT2D eigenvalue weighted by molar-refractivity contribution is 0.0697. The average Bonchev–Trinajstić information content (AvgIpc) is 3.63. The van der Waals surface area contributed by atoms with Crippen molar-refractivity contribution in [2.24, 2.45) is 17.8 Å². The largest absolute Gasteiger partial charge is 0.349 e. The van der Waals surface area contributed by atoms with Gasteiger partial charge in [0.15, 0.2) is 4.96 Å². The summed E-state index contributed by atoms with van der Waals surface area (Å²) >= 11 is 7.62. The first-order valence-electron chi connectivity index (χ1n) is 12.8. The number of carbonyl (C=O) groups excluding carboxylic acids is 2. The Balaban J connectivity index is 1.28. The molecule has 2 fully saturated rings. The molecule has 0 spiro atoms. The van der Waals surface area contributed by atoms with E-state index in [1.807, 2.05) is 76.3 Å². The molecular formula is C29H29ClN4O2S. The summed E-state index contributed by atoms with van der Waals surface area (Å²) in [6.07, 6.45) is 4.08. The van der Waals surface area contributed by atoms with Crippen molar-refractivity contribution in [2.75, 3.05) is 13.1 Å². The van der Waals surface area contributed by atoms with Gasteiger partial charge in [-0.15, -0.1) is 11.3 Å². The van der Waals surface area contributed by atoms with Crippen LogP contribution >= 0.6 is 22.9 Å². The molecule has 2 amide bonds. The number of carbonyl (C=O) groups is 2. The summed E-state index contributed by atoms with van der Waals surface area (Å²) in [6, 6.07) is 15.3. The maximum atomic E-state index is 14.1. The van der Waals surface area contributed by atoms with Gasteiger partial charge in [0.05, 0.1) is 11.7 Å². The van der Waals surface area contributed by atoms with Gasteiger partial charge in [-0.2, -0.15) is 0 Å². The van der Waals surface area contributed by atoms with E-state index in [0.29, 0.717) is 46.3 Å². The summed E-state index contributed by atoms with van der Waals surface area (Å²) in [7, 11) is 0. The molecule has 1 N–H and O–H groups in total. The van der Waals surface area contributed by atoms with E-state index in [0.717, 1.165) is 35.5 Å². The molecule has 6 nitrogen and oxygen atoms in total. The summed E-state index contributed by atoms with van der Waals surface area (Å²) in [5, 5.41) is 5.76. The van der Waals surface area contributed by atoms with E-state index in [4.69, 9.17) is 11.6 Å². The van der Waals surface area contributed by atoms with Gasteiger partial charge in [0, 0.05) is 35.3 Å². The number of halogens is 1. The molecule has 2 aromatic carbocycles. The first-order valence-corrected chi connectivity index (χ1v) is 14.0. The van der Waals surface area contributed by atoms with Gasteiger partial charge in [-0.1, -0.05) is 48.9 Å². The zero-order valence-electron chi connectivity index (χ0n) is 20.9. The number of amides is 2. The Labute approximate surface area is 225 Å². The number of benzene rings is 2. The topological polar surface area (TPSA) is 66.7 Å². The van der Waals surface area contributed by atoms with Gasteiger partial charge >= 0.3 is 0 Å². The quantitative estimate of drug-likeness (QED) is 0.346. The highest BCUT2D eigenvalue weighted by Crippen LogP contribution is 2.45.